The van der Waals surface area contributed by atoms with Crippen LogP contribution in [-0.4, -0.2) is 36.3 Å². The van der Waals surface area contributed by atoms with Gasteiger partial charge in [-0.15, -0.1) is 0 Å². The highest BCUT2D eigenvalue weighted by Crippen LogP contribution is 2.42. The van der Waals surface area contributed by atoms with E-state index in [1.165, 1.54) is 0 Å². The van der Waals surface area contributed by atoms with Gasteiger partial charge in [-0.05, 0) is 79.8 Å². The molecule has 0 radical (unpaired) electrons. The van der Waals surface area contributed by atoms with E-state index in [4.69, 9.17) is 21.4 Å². The maximum atomic E-state index is 11.0. The van der Waals surface area contributed by atoms with Crippen molar-refractivity contribution in [2.45, 2.75) is 44.4 Å². The van der Waals surface area contributed by atoms with Crippen molar-refractivity contribution in [1.29, 1.82) is 0 Å². The van der Waals surface area contributed by atoms with Gasteiger partial charge < -0.3 is 24.5 Å². The second-order valence-corrected chi connectivity index (χ2v) is 10.8. The Morgan fingerprint density at radius 2 is 2.03 bits per heavy atom. The number of aryl methyl sites for hydroxylation is 2. The first kappa shape index (κ1) is 25.4. The molecule has 5 aromatic rings. The number of aliphatic carboxylic acids is 1. The van der Waals surface area contributed by atoms with E-state index in [0.29, 0.717) is 28.8 Å². The zero-order valence-electron chi connectivity index (χ0n) is 21.7. The van der Waals surface area contributed by atoms with Gasteiger partial charge in [-0.2, -0.15) is 4.98 Å². The standard InChI is InChI=1S/C30H29ClN4O4/c1-17-3-5-20(14-21(17)28(38)34-30(10-11-30)9-7-27(36)37)39-29-32-24-15-22(23(31)16-25(24)33-29)18-4-6-26-19(13-18)8-12-35(26)2/h3-6,8,12-16,28,34,38H,7,9-11H2,1-2H3,(H,32,33)(H,36,37). The van der Waals surface area contributed by atoms with E-state index in [1.54, 1.807) is 6.07 Å². The van der Waals surface area contributed by atoms with Gasteiger partial charge in [0, 0.05) is 47.2 Å². The number of aliphatic hydroxyl groups excluding tert-OH is 1. The minimum absolute atomic E-state index is 0.0699. The molecule has 6 rings (SSSR count). The van der Waals surface area contributed by atoms with Gasteiger partial charge >= 0.3 is 5.97 Å². The summed E-state index contributed by atoms with van der Waals surface area (Å²) in [4.78, 5) is 18.8. The molecule has 2 aromatic heterocycles. The number of ether oxygens (including phenoxy) is 1. The summed E-state index contributed by atoms with van der Waals surface area (Å²) in [6.07, 6.45) is 3.33. The normalized spacial score (nSPS) is 15.1. The van der Waals surface area contributed by atoms with Crippen LogP contribution in [0.1, 0.15) is 43.0 Å². The van der Waals surface area contributed by atoms with Crippen LogP contribution in [0.2, 0.25) is 5.02 Å². The largest absolute Gasteiger partial charge is 0.481 e. The first-order valence-corrected chi connectivity index (χ1v) is 13.3. The Bertz CT molecular complexity index is 1720. The Morgan fingerprint density at radius 3 is 2.79 bits per heavy atom. The van der Waals surface area contributed by atoms with Crippen LogP contribution in [0, 0.1) is 6.92 Å². The second-order valence-electron chi connectivity index (χ2n) is 10.4. The number of halogens is 1. The molecule has 3 aromatic carbocycles. The maximum Gasteiger partial charge on any atom is 0.303 e. The molecular formula is C30H29ClN4O4. The Hall–Kier alpha value is -3.85. The van der Waals surface area contributed by atoms with Gasteiger partial charge in [-0.3, -0.25) is 10.1 Å². The van der Waals surface area contributed by atoms with E-state index in [-0.39, 0.29) is 12.0 Å². The summed E-state index contributed by atoms with van der Waals surface area (Å²) in [5.74, 6) is -0.313. The fraction of sp³-hybridized carbons (Fsp3) is 0.267. The highest BCUT2D eigenvalue weighted by molar-refractivity contribution is 6.34. The molecule has 1 aliphatic rings. The number of carboxylic acids is 1. The number of carboxylic acid groups (broad SMARTS) is 1. The summed E-state index contributed by atoms with van der Waals surface area (Å²) in [6, 6.07) is 17.9. The number of nitrogens with zero attached hydrogens (tertiary/aromatic N) is 2. The van der Waals surface area contributed by atoms with Crippen molar-refractivity contribution < 1.29 is 19.7 Å². The van der Waals surface area contributed by atoms with E-state index >= 15 is 0 Å². The average Bonchev–Trinajstić information content (AvgIpc) is 3.41. The number of benzene rings is 3. The van der Waals surface area contributed by atoms with Crippen molar-refractivity contribution in [2.24, 2.45) is 7.05 Å². The average molecular weight is 545 g/mol. The minimum Gasteiger partial charge on any atom is -0.481 e. The molecule has 1 unspecified atom stereocenters. The lowest BCUT2D eigenvalue weighted by molar-refractivity contribution is -0.137. The van der Waals surface area contributed by atoms with Gasteiger partial charge in [-0.1, -0.05) is 23.7 Å². The predicted octanol–water partition coefficient (Wildman–Crippen LogP) is 6.45. The molecule has 39 heavy (non-hydrogen) atoms. The molecule has 2 heterocycles. The molecule has 1 atom stereocenters. The van der Waals surface area contributed by atoms with Crippen LogP contribution in [0.4, 0.5) is 0 Å². The molecule has 1 saturated carbocycles. The van der Waals surface area contributed by atoms with Crippen molar-refractivity contribution >= 4 is 39.5 Å². The quantitative estimate of drug-likeness (QED) is 0.159. The van der Waals surface area contributed by atoms with Gasteiger partial charge in [0.05, 0.1) is 16.1 Å². The van der Waals surface area contributed by atoms with Crippen molar-refractivity contribution in [3.05, 3.63) is 76.9 Å². The predicted molar refractivity (Wildman–Crippen MR) is 151 cm³/mol. The fourth-order valence-electron chi connectivity index (χ4n) is 5.15. The zero-order chi connectivity index (χ0) is 27.3. The number of fused-ring (bicyclic) bond motifs is 2. The lowest BCUT2D eigenvalue weighted by Crippen LogP contribution is -2.35. The van der Waals surface area contributed by atoms with Crippen molar-refractivity contribution in [2.75, 3.05) is 0 Å². The molecule has 200 valence electrons. The number of carbonyl (C=O) groups is 1. The SMILES string of the molecule is Cc1ccc(Oc2nc3cc(-c4ccc5c(ccn5C)c4)c(Cl)cc3[nH]2)cc1C(O)NC1(CCC(=O)O)CC1. The van der Waals surface area contributed by atoms with E-state index in [9.17, 15) is 9.90 Å². The molecule has 4 N–H and O–H groups in total. The van der Waals surface area contributed by atoms with Crippen LogP contribution in [0.3, 0.4) is 0 Å². The van der Waals surface area contributed by atoms with E-state index in [0.717, 1.165) is 51.5 Å². The monoisotopic (exact) mass is 544 g/mol. The summed E-state index contributed by atoms with van der Waals surface area (Å²) in [6.45, 7) is 1.92. The number of aliphatic hydroxyl groups is 1. The van der Waals surface area contributed by atoms with Gasteiger partial charge in [0.2, 0.25) is 0 Å². The summed E-state index contributed by atoms with van der Waals surface area (Å²) < 4.78 is 8.13. The number of aromatic nitrogens is 3. The van der Waals surface area contributed by atoms with E-state index in [1.807, 2.05) is 44.4 Å². The lowest BCUT2D eigenvalue weighted by Gasteiger charge is -2.23. The molecule has 0 amide bonds. The molecule has 0 spiro atoms. The molecule has 8 nitrogen and oxygen atoms in total. The van der Waals surface area contributed by atoms with Gasteiger partial charge in [-0.25, -0.2) is 0 Å². The number of imidazole rings is 1. The van der Waals surface area contributed by atoms with Crippen LogP contribution >= 0.6 is 11.6 Å². The van der Waals surface area contributed by atoms with Crippen molar-refractivity contribution in [3.8, 4) is 22.9 Å². The lowest BCUT2D eigenvalue weighted by atomic mass is 10.0. The smallest absolute Gasteiger partial charge is 0.303 e. The number of nitrogens with one attached hydrogen (secondary N) is 2. The number of rotatable bonds is 9. The fourth-order valence-corrected chi connectivity index (χ4v) is 5.42. The summed E-state index contributed by atoms with van der Waals surface area (Å²) in [5, 5.41) is 24.9. The van der Waals surface area contributed by atoms with E-state index in [2.05, 4.69) is 44.1 Å². The molecule has 0 saturated heterocycles. The first-order chi connectivity index (χ1) is 18.7. The van der Waals surface area contributed by atoms with Crippen LogP contribution in [0.25, 0.3) is 33.1 Å². The maximum absolute atomic E-state index is 11.0. The van der Waals surface area contributed by atoms with Crippen LogP contribution in [-0.2, 0) is 11.8 Å². The highest BCUT2D eigenvalue weighted by atomic mass is 35.5. The molecule has 0 aliphatic heterocycles. The Morgan fingerprint density at radius 1 is 1.21 bits per heavy atom. The zero-order valence-corrected chi connectivity index (χ0v) is 22.4. The Labute approximate surface area is 230 Å². The summed E-state index contributed by atoms with van der Waals surface area (Å²) in [5.41, 5.74) is 5.76. The van der Waals surface area contributed by atoms with Gasteiger partial charge in [0.1, 0.15) is 12.0 Å². The highest BCUT2D eigenvalue weighted by Gasteiger charge is 2.44. The Kier molecular flexibility index (Phi) is 6.33. The van der Waals surface area contributed by atoms with Gasteiger partial charge in [0.15, 0.2) is 0 Å². The summed E-state index contributed by atoms with van der Waals surface area (Å²) in [7, 11) is 2.02. The third-order valence-electron chi connectivity index (χ3n) is 7.62. The minimum atomic E-state index is -0.941. The van der Waals surface area contributed by atoms with Gasteiger partial charge in [0.25, 0.3) is 6.01 Å². The van der Waals surface area contributed by atoms with Crippen molar-refractivity contribution in [3.63, 3.8) is 0 Å². The molecule has 9 heteroatoms. The number of H-pyrrole nitrogens is 1. The molecular weight excluding hydrogens is 516 g/mol. The van der Waals surface area contributed by atoms with Crippen LogP contribution in [0.15, 0.2) is 60.8 Å². The van der Waals surface area contributed by atoms with Crippen LogP contribution < -0.4 is 10.1 Å². The number of hydrogen-bond acceptors (Lipinski definition) is 5. The third-order valence-corrected chi connectivity index (χ3v) is 7.93. The van der Waals surface area contributed by atoms with E-state index < -0.39 is 12.2 Å². The van der Waals surface area contributed by atoms with Crippen molar-refractivity contribution in [1.82, 2.24) is 19.9 Å². The third kappa shape index (κ3) is 5.11. The summed E-state index contributed by atoms with van der Waals surface area (Å²) >= 11 is 6.67. The number of hydrogen-bond donors (Lipinski definition) is 4. The molecule has 1 aliphatic carbocycles. The Balaban J connectivity index is 1.23. The first-order valence-electron chi connectivity index (χ1n) is 12.9. The second kappa shape index (κ2) is 9.72. The number of aromatic amines is 1. The topological polar surface area (TPSA) is 112 Å². The molecule has 0 bridgehead atoms. The van der Waals surface area contributed by atoms with Crippen LogP contribution in [0.5, 0.6) is 11.8 Å². The molecule has 1 fully saturated rings.